The van der Waals surface area contributed by atoms with Gasteiger partial charge < -0.3 is 19.5 Å². The molecule has 2 heterocycles. The average Bonchev–Trinajstić information content (AvgIpc) is 3.40. The number of benzene rings is 2. The fraction of sp³-hybridized carbons (Fsp3) is 0.385. The van der Waals surface area contributed by atoms with Gasteiger partial charge in [0.15, 0.2) is 0 Å². The molecule has 2 aromatic carbocycles. The van der Waals surface area contributed by atoms with Gasteiger partial charge in [0.05, 0.1) is 24.3 Å². The van der Waals surface area contributed by atoms with Gasteiger partial charge in [-0.3, -0.25) is 9.59 Å². The Hall–Kier alpha value is -3.12. The number of carbonyl (C=O) groups is 2. The molecule has 0 aliphatic carbocycles. The Balaban J connectivity index is 1.75. The minimum atomic E-state index is -0.668. The van der Waals surface area contributed by atoms with Crippen molar-refractivity contribution in [2.45, 2.75) is 45.3 Å². The molecule has 2 aliphatic rings. The van der Waals surface area contributed by atoms with Gasteiger partial charge >= 0.3 is 0 Å². The van der Waals surface area contributed by atoms with E-state index in [2.05, 4.69) is 0 Å². The number of aryl methyl sites for hydroxylation is 1. The maximum absolute atomic E-state index is 13.1. The zero-order valence-electron chi connectivity index (χ0n) is 18.5. The minimum Gasteiger partial charge on any atom is -0.507 e. The number of rotatable bonds is 7. The summed E-state index contributed by atoms with van der Waals surface area (Å²) in [6.07, 6.45) is 2.58. The van der Waals surface area contributed by atoms with Gasteiger partial charge in [0, 0.05) is 18.7 Å². The molecule has 6 heteroatoms. The first kappa shape index (κ1) is 22.1. The number of carbonyl (C=O) groups excluding carboxylic acids is 2. The van der Waals surface area contributed by atoms with Gasteiger partial charge in [0.2, 0.25) is 0 Å². The van der Waals surface area contributed by atoms with Gasteiger partial charge in [0.1, 0.15) is 11.5 Å². The van der Waals surface area contributed by atoms with Crippen molar-refractivity contribution in [2.75, 3.05) is 19.8 Å². The van der Waals surface area contributed by atoms with Crippen molar-refractivity contribution in [1.29, 1.82) is 0 Å². The molecule has 168 valence electrons. The third-order valence-corrected chi connectivity index (χ3v) is 5.92. The lowest BCUT2D eigenvalue weighted by Crippen LogP contribution is -2.36. The van der Waals surface area contributed by atoms with Gasteiger partial charge in [-0.25, -0.2) is 0 Å². The molecule has 4 rings (SSSR count). The van der Waals surface area contributed by atoms with E-state index >= 15 is 0 Å². The number of ether oxygens (including phenoxy) is 2. The van der Waals surface area contributed by atoms with Crippen molar-refractivity contribution in [3.05, 3.63) is 70.8 Å². The lowest BCUT2D eigenvalue weighted by Gasteiger charge is -2.27. The molecule has 2 saturated heterocycles. The number of hydrogen-bond donors (Lipinski definition) is 1. The molecule has 2 aromatic rings. The lowest BCUT2D eigenvalue weighted by molar-refractivity contribution is -0.140. The number of hydrogen-bond acceptors (Lipinski definition) is 5. The first-order chi connectivity index (χ1) is 15.5. The molecule has 0 spiro atoms. The summed E-state index contributed by atoms with van der Waals surface area (Å²) >= 11 is 0. The van der Waals surface area contributed by atoms with Crippen molar-refractivity contribution in [2.24, 2.45) is 0 Å². The van der Waals surface area contributed by atoms with Crippen LogP contribution in [0.15, 0.2) is 54.1 Å². The second-order valence-electron chi connectivity index (χ2n) is 8.37. The molecule has 1 N–H and O–H groups in total. The largest absolute Gasteiger partial charge is 0.507 e. The smallest absolute Gasteiger partial charge is 0.295 e. The quantitative estimate of drug-likeness (QED) is 0.397. The average molecular weight is 436 g/mol. The monoisotopic (exact) mass is 435 g/mol. The third-order valence-electron chi connectivity index (χ3n) is 5.92. The van der Waals surface area contributed by atoms with Crippen molar-refractivity contribution in [1.82, 2.24) is 4.90 Å². The predicted octanol–water partition coefficient (Wildman–Crippen LogP) is 4.38. The highest BCUT2D eigenvalue weighted by molar-refractivity contribution is 6.46. The number of nitrogens with zero attached hydrogens (tertiary/aromatic N) is 1. The summed E-state index contributed by atoms with van der Waals surface area (Å²) in [4.78, 5) is 27.7. The molecule has 2 aliphatic heterocycles. The molecular weight excluding hydrogens is 406 g/mol. The molecule has 2 atom stereocenters. The molecule has 2 unspecified atom stereocenters. The van der Waals surface area contributed by atoms with Crippen LogP contribution in [-0.4, -0.2) is 47.6 Å². The van der Waals surface area contributed by atoms with Crippen LogP contribution >= 0.6 is 0 Å². The first-order valence-corrected chi connectivity index (χ1v) is 11.2. The summed E-state index contributed by atoms with van der Waals surface area (Å²) in [6.45, 7) is 5.58. The lowest BCUT2D eigenvalue weighted by atomic mass is 9.94. The Labute approximate surface area is 188 Å². The fourth-order valence-electron chi connectivity index (χ4n) is 4.35. The van der Waals surface area contributed by atoms with E-state index in [1.807, 2.05) is 38.1 Å². The van der Waals surface area contributed by atoms with Crippen LogP contribution in [0.1, 0.15) is 48.9 Å². The van der Waals surface area contributed by atoms with Gasteiger partial charge in [-0.15, -0.1) is 0 Å². The van der Waals surface area contributed by atoms with E-state index in [-0.39, 0.29) is 17.4 Å². The second-order valence-corrected chi connectivity index (χ2v) is 8.37. The highest BCUT2D eigenvalue weighted by atomic mass is 16.5. The molecule has 6 nitrogen and oxygen atoms in total. The zero-order valence-corrected chi connectivity index (χ0v) is 18.5. The number of likely N-dealkylation sites (tertiary alicyclic amines) is 1. The highest BCUT2D eigenvalue weighted by Crippen LogP contribution is 2.40. The van der Waals surface area contributed by atoms with Crippen molar-refractivity contribution < 1.29 is 24.2 Å². The van der Waals surface area contributed by atoms with Crippen LogP contribution in [0, 0.1) is 6.92 Å². The number of ketones is 1. The maximum atomic E-state index is 13.1. The highest BCUT2D eigenvalue weighted by Gasteiger charge is 2.47. The molecule has 0 aromatic heterocycles. The van der Waals surface area contributed by atoms with E-state index in [0.717, 1.165) is 30.4 Å². The van der Waals surface area contributed by atoms with Crippen molar-refractivity contribution in [3.8, 4) is 5.75 Å². The van der Waals surface area contributed by atoms with Gasteiger partial charge in [0.25, 0.3) is 11.7 Å². The SMILES string of the molecule is CCCOc1ccc(/C(O)=C2/C(=O)C(=O)N(CC3CCCO3)C2c2cccc(C)c2)cc1. The molecule has 2 fully saturated rings. The second kappa shape index (κ2) is 9.57. The molecular formula is C26H29NO5. The Bertz CT molecular complexity index is 1020. The topological polar surface area (TPSA) is 76.1 Å². The molecule has 0 radical (unpaired) electrons. The Morgan fingerprint density at radius 2 is 1.97 bits per heavy atom. The van der Waals surface area contributed by atoms with E-state index in [1.54, 1.807) is 29.2 Å². The molecule has 1 amide bonds. The standard InChI is InChI=1S/C26H29NO5/c1-3-13-31-20-11-9-18(10-12-20)24(28)22-23(19-7-4-6-17(2)15-19)27(26(30)25(22)29)16-21-8-5-14-32-21/h4,6-7,9-12,15,21,23,28H,3,5,8,13-14,16H2,1-2H3/b24-22-. The summed E-state index contributed by atoms with van der Waals surface area (Å²) in [5, 5.41) is 11.2. The van der Waals surface area contributed by atoms with E-state index in [0.29, 0.717) is 31.1 Å². The molecule has 0 bridgehead atoms. The Morgan fingerprint density at radius 3 is 2.62 bits per heavy atom. The molecule has 0 saturated carbocycles. The summed E-state index contributed by atoms with van der Waals surface area (Å²) < 4.78 is 11.3. The third kappa shape index (κ3) is 4.41. The van der Waals surface area contributed by atoms with Crippen LogP contribution in [0.3, 0.4) is 0 Å². The van der Waals surface area contributed by atoms with Crippen LogP contribution in [0.5, 0.6) is 5.75 Å². The first-order valence-electron chi connectivity index (χ1n) is 11.2. The van der Waals surface area contributed by atoms with Gasteiger partial charge in [-0.1, -0.05) is 36.8 Å². The summed E-state index contributed by atoms with van der Waals surface area (Å²) in [7, 11) is 0. The normalized spacial score (nSPS) is 22.5. The van der Waals surface area contributed by atoms with Crippen LogP contribution < -0.4 is 4.74 Å². The van der Waals surface area contributed by atoms with Gasteiger partial charge in [-0.2, -0.15) is 0 Å². The molecule has 32 heavy (non-hydrogen) atoms. The predicted molar refractivity (Wildman–Crippen MR) is 121 cm³/mol. The summed E-state index contributed by atoms with van der Waals surface area (Å²) in [6, 6.07) is 14.0. The van der Waals surface area contributed by atoms with E-state index < -0.39 is 17.7 Å². The van der Waals surface area contributed by atoms with Gasteiger partial charge in [-0.05, 0) is 56.0 Å². The zero-order chi connectivity index (χ0) is 22.7. The fourth-order valence-corrected chi connectivity index (χ4v) is 4.35. The van der Waals surface area contributed by atoms with Crippen LogP contribution in [-0.2, 0) is 14.3 Å². The summed E-state index contributed by atoms with van der Waals surface area (Å²) in [5.41, 5.74) is 2.40. The van der Waals surface area contributed by atoms with E-state index in [1.165, 1.54) is 0 Å². The van der Waals surface area contributed by atoms with Crippen LogP contribution in [0.2, 0.25) is 0 Å². The van der Waals surface area contributed by atoms with Crippen LogP contribution in [0.25, 0.3) is 5.76 Å². The number of aliphatic hydroxyl groups is 1. The van der Waals surface area contributed by atoms with E-state index in [4.69, 9.17) is 9.47 Å². The maximum Gasteiger partial charge on any atom is 0.295 e. The van der Waals surface area contributed by atoms with Crippen molar-refractivity contribution in [3.63, 3.8) is 0 Å². The van der Waals surface area contributed by atoms with E-state index in [9.17, 15) is 14.7 Å². The number of Topliss-reactive ketones (excluding diaryl/α,β-unsaturated/α-hetero) is 1. The minimum absolute atomic E-state index is 0.101. The summed E-state index contributed by atoms with van der Waals surface area (Å²) in [5.74, 6) is -0.751. The van der Waals surface area contributed by atoms with Crippen LogP contribution in [0.4, 0.5) is 0 Å². The Morgan fingerprint density at radius 1 is 1.19 bits per heavy atom. The Kier molecular flexibility index (Phi) is 6.61. The number of aliphatic hydroxyl groups excluding tert-OH is 1. The van der Waals surface area contributed by atoms with Crippen molar-refractivity contribution >= 4 is 17.4 Å². The number of amides is 1.